The lowest BCUT2D eigenvalue weighted by Crippen LogP contribution is -2.52. The molecule has 5 N–H and O–H groups in total. The lowest BCUT2D eigenvalue weighted by Gasteiger charge is -2.39. The number of hydrogen-bond donors (Lipinski definition) is 4. The Balaban J connectivity index is 1.35. The van der Waals surface area contributed by atoms with Crippen molar-refractivity contribution in [3.05, 3.63) is 96.6 Å². The first kappa shape index (κ1) is 27.1. The number of nitrogens with zero attached hydrogens (tertiary/aromatic N) is 7. The molecule has 1 atom stereocenters. The molecule has 12 heteroatoms. The molecule has 2 amide bonds. The molecule has 1 aliphatic heterocycles. The van der Waals surface area contributed by atoms with Crippen molar-refractivity contribution in [3.8, 4) is 11.4 Å². The Bertz CT molecular complexity index is 1660. The predicted molar refractivity (Wildman–Crippen MR) is 159 cm³/mol. The molecule has 0 bridgehead atoms. The standard InChI is InChI=1S/C30H33N11O/c1-2-11-32-30(42)40-14-12-39(13-15-40)25(16-21-7-4-3-5-8-21)22-9-6-10-23(17-22)28-36-27(31)26-29(34-20-33-26)41(28)19-24-18-35-38-37-24/h2-10,17-18,20,25H,1,11-16,19H2,(H4,31,32,33,34,35,37,38,42)/p+1. The van der Waals surface area contributed by atoms with E-state index in [1.807, 2.05) is 21.6 Å². The van der Waals surface area contributed by atoms with Gasteiger partial charge in [-0.25, -0.2) is 9.36 Å². The van der Waals surface area contributed by atoms with Crippen LogP contribution in [0.2, 0.25) is 0 Å². The van der Waals surface area contributed by atoms with Crippen LogP contribution in [0.1, 0.15) is 22.9 Å². The summed E-state index contributed by atoms with van der Waals surface area (Å²) in [6.45, 7) is 7.41. The van der Waals surface area contributed by atoms with Crippen molar-refractivity contribution in [1.29, 1.82) is 0 Å². The van der Waals surface area contributed by atoms with Crippen LogP contribution in [0, 0.1) is 0 Å². The fourth-order valence-electron chi connectivity index (χ4n) is 5.53. The summed E-state index contributed by atoms with van der Waals surface area (Å²) in [5.74, 6) is 1.07. The van der Waals surface area contributed by atoms with E-state index in [0.717, 1.165) is 36.3 Å². The van der Waals surface area contributed by atoms with E-state index in [-0.39, 0.29) is 12.1 Å². The predicted octanol–water partition coefficient (Wildman–Crippen LogP) is 2.46. The Labute approximate surface area is 243 Å². The molecule has 1 unspecified atom stereocenters. The number of nitrogen functional groups attached to an aromatic ring is 1. The van der Waals surface area contributed by atoms with Gasteiger partial charge in [0, 0.05) is 38.8 Å². The van der Waals surface area contributed by atoms with E-state index in [1.165, 1.54) is 5.56 Å². The van der Waals surface area contributed by atoms with Gasteiger partial charge in [0.05, 0.1) is 11.8 Å². The van der Waals surface area contributed by atoms with Crippen molar-refractivity contribution in [2.45, 2.75) is 19.0 Å². The van der Waals surface area contributed by atoms with Crippen LogP contribution in [0.25, 0.3) is 22.6 Å². The molecule has 0 radical (unpaired) electrons. The van der Waals surface area contributed by atoms with Crippen LogP contribution in [-0.4, -0.2) is 78.9 Å². The average Bonchev–Trinajstić information content (AvgIpc) is 3.74. The fourth-order valence-corrected chi connectivity index (χ4v) is 5.53. The van der Waals surface area contributed by atoms with Crippen LogP contribution in [0.5, 0.6) is 0 Å². The Morgan fingerprint density at radius 3 is 2.74 bits per heavy atom. The number of benzene rings is 2. The highest BCUT2D eigenvalue weighted by Gasteiger charge is 2.29. The number of amides is 2. The number of imidazole rings is 1. The summed E-state index contributed by atoms with van der Waals surface area (Å²) >= 11 is 0. The molecule has 3 aromatic heterocycles. The number of anilines is 1. The van der Waals surface area contributed by atoms with Gasteiger partial charge in [0.2, 0.25) is 5.82 Å². The minimum Gasteiger partial charge on any atom is -0.368 e. The lowest BCUT2D eigenvalue weighted by molar-refractivity contribution is -0.656. The number of carbonyl (C=O) groups is 1. The second-order valence-electron chi connectivity index (χ2n) is 10.3. The average molecular weight is 565 g/mol. The molecule has 12 nitrogen and oxygen atoms in total. The van der Waals surface area contributed by atoms with Crippen LogP contribution in [0.15, 0.2) is 79.8 Å². The SMILES string of the molecule is C=CCNC(=O)N1CCN(C(Cc2ccccc2)c2cccc(-c3nc(N)c4[nH]cnc4[n+]3Cc3cn[nH]n3)c2)CC1. The van der Waals surface area contributed by atoms with Crippen molar-refractivity contribution >= 4 is 23.0 Å². The topological polar surface area (TPSA) is 149 Å². The van der Waals surface area contributed by atoms with Gasteiger partial charge < -0.3 is 20.9 Å². The van der Waals surface area contributed by atoms with Gasteiger partial charge >= 0.3 is 6.03 Å². The molecule has 214 valence electrons. The second kappa shape index (κ2) is 12.2. The fraction of sp³-hybridized carbons (Fsp3) is 0.267. The molecule has 0 saturated carbocycles. The number of hydrogen-bond acceptors (Lipinski definition) is 7. The van der Waals surface area contributed by atoms with Crippen LogP contribution in [0.3, 0.4) is 0 Å². The highest BCUT2D eigenvalue weighted by molar-refractivity contribution is 5.80. The number of H-pyrrole nitrogens is 2. The Kier molecular flexibility index (Phi) is 7.86. The minimum atomic E-state index is -0.0507. The molecule has 1 fully saturated rings. The van der Waals surface area contributed by atoms with Crippen LogP contribution >= 0.6 is 0 Å². The van der Waals surface area contributed by atoms with E-state index in [9.17, 15) is 4.79 Å². The normalized spacial score (nSPS) is 14.6. The van der Waals surface area contributed by atoms with E-state index in [2.05, 4.69) is 84.6 Å². The number of rotatable bonds is 9. The van der Waals surface area contributed by atoms with E-state index in [1.54, 1.807) is 18.6 Å². The zero-order valence-electron chi connectivity index (χ0n) is 23.3. The quantitative estimate of drug-likeness (QED) is 0.159. The summed E-state index contributed by atoms with van der Waals surface area (Å²) in [5, 5.41) is 13.8. The van der Waals surface area contributed by atoms with Gasteiger partial charge in [-0.05, 0) is 29.7 Å². The van der Waals surface area contributed by atoms with Crippen molar-refractivity contribution in [1.82, 2.24) is 45.5 Å². The van der Waals surface area contributed by atoms with Gasteiger partial charge in [-0.2, -0.15) is 15.4 Å². The summed E-state index contributed by atoms with van der Waals surface area (Å²) in [5.41, 5.74) is 11.8. The molecule has 42 heavy (non-hydrogen) atoms. The van der Waals surface area contributed by atoms with E-state index >= 15 is 0 Å². The van der Waals surface area contributed by atoms with E-state index < -0.39 is 0 Å². The van der Waals surface area contributed by atoms with Crippen molar-refractivity contribution < 1.29 is 9.36 Å². The van der Waals surface area contributed by atoms with Crippen LogP contribution < -0.4 is 15.6 Å². The number of nitrogens with two attached hydrogens (primary N) is 1. The number of fused-ring (bicyclic) bond motifs is 1. The number of urea groups is 1. The Morgan fingerprint density at radius 1 is 1.14 bits per heavy atom. The van der Waals surface area contributed by atoms with Gasteiger partial charge in [0.25, 0.3) is 11.5 Å². The molecule has 1 saturated heterocycles. The minimum absolute atomic E-state index is 0.0507. The zero-order chi connectivity index (χ0) is 28.9. The number of aromatic amines is 2. The summed E-state index contributed by atoms with van der Waals surface area (Å²) < 4.78 is 2.01. The molecule has 1 aliphatic rings. The lowest BCUT2D eigenvalue weighted by atomic mass is 9.95. The first-order valence-corrected chi connectivity index (χ1v) is 14.0. The third kappa shape index (κ3) is 5.70. The molecular formula is C30H34N11O+. The third-order valence-corrected chi connectivity index (χ3v) is 7.64. The maximum atomic E-state index is 12.6. The molecule has 2 aromatic carbocycles. The highest BCUT2D eigenvalue weighted by Crippen LogP contribution is 2.30. The van der Waals surface area contributed by atoms with Gasteiger partial charge in [-0.1, -0.05) is 58.5 Å². The van der Waals surface area contributed by atoms with Gasteiger partial charge in [0.15, 0.2) is 11.8 Å². The Hall–Kier alpha value is -5.10. The van der Waals surface area contributed by atoms with Crippen molar-refractivity contribution in [3.63, 3.8) is 0 Å². The molecule has 4 heterocycles. The van der Waals surface area contributed by atoms with Crippen LogP contribution in [-0.2, 0) is 13.0 Å². The highest BCUT2D eigenvalue weighted by atomic mass is 16.2. The maximum absolute atomic E-state index is 12.6. The van der Waals surface area contributed by atoms with Gasteiger partial charge in [-0.15, -0.1) is 6.58 Å². The molecule has 0 spiro atoms. The van der Waals surface area contributed by atoms with Crippen molar-refractivity contribution in [2.75, 3.05) is 38.5 Å². The van der Waals surface area contributed by atoms with Gasteiger partial charge in [0.1, 0.15) is 12.2 Å². The molecule has 6 rings (SSSR count). The number of aromatic nitrogens is 7. The molecular weight excluding hydrogens is 530 g/mol. The smallest absolute Gasteiger partial charge is 0.317 e. The first-order chi connectivity index (χ1) is 20.6. The van der Waals surface area contributed by atoms with Gasteiger partial charge in [-0.3, -0.25) is 4.90 Å². The second-order valence-corrected chi connectivity index (χ2v) is 10.3. The molecule has 5 aromatic rings. The largest absolute Gasteiger partial charge is 0.368 e. The van der Waals surface area contributed by atoms with E-state index in [0.29, 0.717) is 49.0 Å². The third-order valence-electron chi connectivity index (χ3n) is 7.64. The summed E-state index contributed by atoms with van der Waals surface area (Å²) in [6, 6.07) is 19.0. The molecule has 0 aliphatic carbocycles. The number of piperazine rings is 1. The zero-order valence-corrected chi connectivity index (χ0v) is 23.3. The number of carbonyl (C=O) groups excluding carboxylic acids is 1. The number of nitrogens with one attached hydrogen (secondary N) is 3. The summed E-state index contributed by atoms with van der Waals surface area (Å²) in [7, 11) is 0. The maximum Gasteiger partial charge on any atom is 0.317 e. The van der Waals surface area contributed by atoms with Crippen molar-refractivity contribution in [2.24, 2.45) is 0 Å². The van der Waals surface area contributed by atoms with E-state index in [4.69, 9.17) is 10.7 Å². The monoisotopic (exact) mass is 564 g/mol. The summed E-state index contributed by atoms with van der Waals surface area (Å²) in [4.78, 5) is 29.4. The van der Waals surface area contributed by atoms with Crippen LogP contribution in [0.4, 0.5) is 10.6 Å². The Morgan fingerprint density at radius 2 is 1.98 bits per heavy atom. The summed E-state index contributed by atoms with van der Waals surface area (Å²) in [6.07, 6.45) is 5.84. The first-order valence-electron chi connectivity index (χ1n) is 14.0.